The van der Waals surface area contributed by atoms with Crippen LogP contribution in [0.4, 0.5) is 5.95 Å². The minimum absolute atomic E-state index is 0.170. The minimum atomic E-state index is -0.425. The molecule has 5 nitrogen and oxygen atoms in total. The van der Waals surface area contributed by atoms with Gasteiger partial charge in [0.2, 0.25) is 5.95 Å². The number of methoxy groups -OCH3 is 1. The highest BCUT2D eigenvalue weighted by atomic mass is 16.5. The quantitative estimate of drug-likeness (QED) is 0.730. The number of nitrogen functional groups attached to an aromatic ring is 1. The number of benzene rings is 2. The molecule has 0 amide bonds. The molecule has 0 aliphatic heterocycles. The van der Waals surface area contributed by atoms with Crippen molar-refractivity contribution in [2.45, 2.75) is 0 Å². The van der Waals surface area contributed by atoms with E-state index in [0.29, 0.717) is 22.2 Å². The van der Waals surface area contributed by atoms with E-state index in [1.54, 1.807) is 18.2 Å². The predicted octanol–water partition coefficient (Wildman–Crippen LogP) is 2.67. The smallest absolute Gasteiger partial charge is 0.338 e. The van der Waals surface area contributed by atoms with Crippen LogP contribution in [0.3, 0.4) is 0 Å². The third-order valence-electron chi connectivity index (χ3n) is 3.19. The molecule has 0 aliphatic rings. The second-order valence-corrected chi connectivity index (χ2v) is 4.49. The predicted molar refractivity (Wildman–Crippen MR) is 80.7 cm³/mol. The van der Waals surface area contributed by atoms with Gasteiger partial charge >= 0.3 is 5.97 Å². The van der Waals surface area contributed by atoms with Crippen molar-refractivity contribution in [1.82, 2.24) is 9.97 Å². The third kappa shape index (κ3) is 2.29. The summed E-state index contributed by atoms with van der Waals surface area (Å²) >= 11 is 0. The molecule has 21 heavy (non-hydrogen) atoms. The van der Waals surface area contributed by atoms with Crippen LogP contribution in [0, 0.1) is 0 Å². The summed E-state index contributed by atoms with van der Waals surface area (Å²) in [5, 5.41) is 0.643. The van der Waals surface area contributed by atoms with Crippen LogP contribution in [0.25, 0.3) is 22.2 Å². The number of anilines is 1. The lowest BCUT2D eigenvalue weighted by Crippen LogP contribution is -2.05. The molecule has 0 aliphatic carbocycles. The Balaban J connectivity index is 2.40. The van der Waals surface area contributed by atoms with E-state index in [1.807, 2.05) is 30.3 Å². The number of carbonyl (C=O) groups excluding carboxylic acids is 1. The van der Waals surface area contributed by atoms with Gasteiger partial charge in [0.05, 0.1) is 23.9 Å². The largest absolute Gasteiger partial charge is 0.465 e. The molecule has 2 N–H and O–H groups in total. The lowest BCUT2D eigenvalue weighted by molar-refractivity contribution is 0.0603. The Hall–Kier alpha value is -2.95. The monoisotopic (exact) mass is 279 g/mol. The van der Waals surface area contributed by atoms with E-state index < -0.39 is 5.97 Å². The third-order valence-corrected chi connectivity index (χ3v) is 3.19. The minimum Gasteiger partial charge on any atom is -0.465 e. The Morgan fingerprint density at radius 1 is 1.05 bits per heavy atom. The summed E-state index contributed by atoms with van der Waals surface area (Å²) in [5.41, 5.74) is 8.31. The number of aromatic nitrogens is 2. The van der Waals surface area contributed by atoms with Gasteiger partial charge in [-0.25, -0.2) is 14.8 Å². The van der Waals surface area contributed by atoms with E-state index in [4.69, 9.17) is 10.5 Å². The summed E-state index contributed by atoms with van der Waals surface area (Å²) < 4.78 is 4.84. The molecular weight excluding hydrogens is 266 g/mol. The van der Waals surface area contributed by atoms with E-state index in [2.05, 4.69) is 9.97 Å². The van der Waals surface area contributed by atoms with Crippen molar-refractivity contribution < 1.29 is 9.53 Å². The van der Waals surface area contributed by atoms with Gasteiger partial charge in [0.1, 0.15) is 0 Å². The van der Waals surface area contributed by atoms with Crippen molar-refractivity contribution in [3.63, 3.8) is 0 Å². The lowest BCUT2D eigenvalue weighted by atomic mass is 10.0. The Bertz CT molecular complexity index is 816. The van der Waals surface area contributed by atoms with Gasteiger partial charge < -0.3 is 10.5 Å². The Morgan fingerprint density at radius 2 is 1.81 bits per heavy atom. The van der Waals surface area contributed by atoms with E-state index >= 15 is 0 Å². The molecule has 0 unspecified atom stereocenters. The number of esters is 1. The standard InChI is InChI=1S/C16H13N3O2/c1-21-15(20)11-8-5-9-12-13(11)14(19-16(17)18-12)10-6-3-2-4-7-10/h2-9H,1H3,(H2,17,18,19). The molecule has 1 heterocycles. The summed E-state index contributed by atoms with van der Waals surface area (Å²) in [5.74, 6) is -0.255. The van der Waals surface area contributed by atoms with Crippen molar-refractivity contribution in [3.05, 3.63) is 54.1 Å². The van der Waals surface area contributed by atoms with Crippen molar-refractivity contribution in [2.24, 2.45) is 0 Å². The number of fused-ring (bicyclic) bond motifs is 1. The van der Waals surface area contributed by atoms with Gasteiger partial charge in [-0.15, -0.1) is 0 Å². The molecule has 0 atom stereocenters. The molecule has 5 heteroatoms. The zero-order chi connectivity index (χ0) is 14.8. The van der Waals surface area contributed by atoms with Crippen LogP contribution in [0.2, 0.25) is 0 Å². The van der Waals surface area contributed by atoms with Gasteiger partial charge in [-0.2, -0.15) is 0 Å². The molecule has 3 rings (SSSR count). The molecule has 104 valence electrons. The zero-order valence-corrected chi connectivity index (χ0v) is 11.4. The van der Waals surface area contributed by atoms with Crippen LogP contribution in [0.1, 0.15) is 10.4 Å². The maximum atomic E-state index is 12.0. The highest BCUT2D eigenvalue weighted by molar-refractivity contribution is 6.08. The van der Waals surface area contributed by atoms with Crippen LogP contribution in [0.15, 0.2) is 48.5 Å². The fourth-order valence-corrected chi connectivity index (χ4v) is 2.29. The summed E-state index contributed by atoms with van der Waals surface area (Å²) in [6.07, 6.45) is 0. The van der Waals surface area contributed by atoms with Crippen molar-refractivity contribution in [1.29, 1.82) is 0 Å². The number of hydrogen-bond acceptors (Lipinski definition) is 5. The maximum Gasteiger partial charge on any atom is 0.338 e. The average Bonchev–Trinajstić information content (AvgIpc) is 2.53. The Morgan fingerprint density at radius 3 is 2.52 bits per heavy atom. The summed E-state index contributed by atoms with van der Waals surface area (Å²) in [4.78, 5) is 20.5. The Kier molecular flexibility index (Phi) is 3.23. The molecule has 1 aromatic heterocycles. The summed E-state index contributed by atoms with van der Waals surface area (Å²) in [6, 6.07) is 14.8. The fourth-order valence-electron chi connectivity index (χ4n) is 2.29. The number of rotatable bonds is 2. The van der Waals surface area contributed by atoms with Gasteiger partial charge in [0.15, 0.2) is 0 Å². The molecule has 0 saturated heterocycles. The normalized spacial score (nSPS) is 10.5. The first-order valence-electron chi connectivity index (χ1n) is 6.40. The second kappa shape index (κ2) is 5.20. The van der Waals surface area contributed by atoms with Gasteiger partial charge in [0, 0.05) is 10.9 Å². The highest BCUT2D eigenvalue weighted by Gasteiger charge is 2.17. The van der Waals surface area contributed by atoms with E-state index in [1.165, 1.54) is 7.11 Å². The highest BCUT2D eigenvalue weighted by Crippen LogP contribution is 2.29. The number of hydrogen-bond donors (Lipinski definition) is 1. The zero-order valence-electron chi connectivity index (χ0n) is 11.4. The number of ether oxygens (including phenoxy) is 1. The summed E-state index contributed by atoms with van der Waals surface area (Å²) in [6.45, 7) is 0. The van der Waals surface area contributed by atoms with Crippen molar-refractivity contribution in [3.8, 4) is 11.3 Å². The van der Waals surface area contributed by atoms with E-state index in [0.717, 1.165) is 5.56 Å². The molecule has 0 bridgehead atoms. The molecule has 2 aromatic carbocycles. The van der Waals surface area contributed by atoms with Crippen LogP contribution in [0.5, 0.6) is 0 Å². The topological polar surface area (TPSA) is 78.1 Å². The molecule has 0 spiro atoms. The Labute approximate surface area is 121 Å². The fraction of sp³-hybridized carbons (Fsp3) is 0.0625. The van der Waals surface area contributed by atoms with Gasteiger partial charge in [-0.1, -0.05) is 36.4 Å². The van der Waals surface area contributed by atoms with Crippen molar-refractivity contribution in [2.75, 3.05) is 12.8 Å². The van der Waals surface area contributed by atoms with Crippen molar-refractivity contribution >= 4 is 22.8 Å². The molecular formula is C16H13N3O2. The first kappa shape index (κ1) is 13.1. The van der Waals surface area contributed by atoms with Crippen LogP contribution >= 0.6 is 0 Å². The number of nitrogens with two attached hydrogens (primary N) is 1. The van der Waals surface area contributed by atoms with Gasteiger partial charge in [0.25, 0.3) is 0 Å². The molecule has 0 radical (unpaired) electrons. The number of nitrogens with zero attached hydrogens (tertiary/aromatic N) is 2. The second-order valence-electron chi connectivity index (χ2n) is 4.49. The SMILES string of the molecule is COC(=O)c1cccc2nc(N)nc(-c3ccccc3)c12. The van der Waals surface area contributed by atoms with Crippen LogP contribution in [-0.4, -0.2) is 23.0 Å². The lowest BCUT2D eigenvalue weighted by Gasteiger charge is -2.10. The molecule has 3 aromatic rings. The van der Waals surface area contributed by atoms with Gasteiger partial charge in [-0.05, 0) is 12.1 Å². The first-order chi connectivity index (χ1) is 10.2. The average molecular weight is 279 g/mol. The first-order valence-corrected chi connectivity index (χ1v) is 6.40. The van der Waals surface area contributed by atoms with E-state index in [9.17, 15) is 4.79 Å². The van der Waals surface area contributed by atoms with Crippen LogP contribution < -0.4 is 5.73 Å². The summed E-state index contributed by atoms with van der Waals surface area (Å²) in [7, 11) is 1.35. The molecule has 0 saturated carbocycles. The maximum absolute atomic E-state index is 12.0. The van der Waals surface area contributed by atoms with Crippen LogP contribution in [-0.2, 0) is 4.74 Å². The molecule has 0 fully saturated rings. The van der Waals surface area contributed by atoms with Gasteiger partial charge in [-0.3, -0.25) is 0 Å². The number of carbonyl (C=O) groups is 1. The van der Waals surface area contributed by atoms with E-state index in [-0.39, 0.29) is 5.95 Å².